The van der Waals surface area contributed by atoms with Crippen molar-refractivity contribution in [3.63, 3.8) is 0 Å². The highest BCUT2D eigenvalue weighted by atomic mass is 16.2. The summed E-state index contributed by atoms with van der Waals surface area (Å²) < 4.78 is 0. The van der Waals surface area contributed by atoms with Crippen molar-refractivity contribution in [2.24, 2.45) is 4.99 Å². The molecular formula is C21H28N4O. The second-order valence-corrected chi connectivity index (χ2v) is 6.57. The predicted octanol–water partition coefficient (Wildman–Crippen LogP) is 2.88. The fourth-order valence-corrected chi connectivity index (χ4v) is 2.36. The zero-order chi connectivity index (χ0) is 18.9. The van der Waals surface area contributed by atoms with Crippen LogP contribution in [0.4, 0.5) is 0 Å². The first kappa shape index (κ1) is 19.5. The molecule has 1 atom stereocenters. The molecule has 2 rings (SSSR count). The summed E-state index contributed by atoms with van der Waals surface area (Å²) in [4.78, 5) is 18.1. The van der Waals surface area contributed by atoms with Crippen LogP contribution < -0.4 is 10.6 Å². The number of nitrogens with one attached hydrogen (secondary N) is 2. The number of guanidine groups is 1. The van der Waals surface area contributed by atoms with Gasteiger partial charge in [0.1, 0.15) is 0 Å². The van der Waals surface area contributed by atoms with Crippen LogP contribution in [0.1, 0.15) is 29.7 Å². The van der Waals surface area contributed by atoms with Crippen molar-refractivity contribution in [3.8, 4) is 0 Å². The number of nitrogens with zero attached hydrogens (tertiary/aromatic N) is 2. The van der Waals surface area contributed by atoms with E-state index in [-0.39, 0.29) is 18.5 Å². The van der Waals surface area contributed by atoms with E-state index in [9.17, 15) is 4.79 Å². The largest absolute Gasteiger partial charge is 0.350 e. The van der Waals surface area contributed by atoms with Gasteiger partial charge >= 0.3 is 0 Å². The quantitative estimate of drug-likeness (QED) is 0.621. The number of carbonyl (C=O) groups is 1. The Morgan fingerprint density at radius 1 is 1.08 bits per heavy atom. The molecule has 0 saturated heterocycles. The van der Waals surface area contributed by atoms with Gasteiger partial charge in [-0.3, -0.25) is 4.79 Å². The van der Waals surface area contributed by atoms with Gasteiger partial charge in [-0.2, -0.15) is 0 Å². The molecule has 0 aliphatic carbocycles. The van der Waals surface area contributed by atoms with Crippen molar-refractivity contribution in [2.45, 2.75) is 26.4 Å². The van der Waals surface area contributed by atoms with E-state index in [1.54, 1.807) is 19.0 Å². The summed E-state index contributed by atoms with van der Waals surface area (Å²) in [5.74, 6) is 0.624. The van der Waals surface area contributed by atoms with Crippen LogP contribution >= 0.6 is 0 Å². The zero-order valence-corrected chi connectivity index (χ0v) is 16.0. The number of aryl methyl sites for hydroxylation is 1. The highest BCUT2D eigenvalue weighted by molar-refractivity contribution is 5.86. The Morgan fingerprint density at radius 3 is 2.35 bits per heavy atom. The number of hydrogen-bond acceptors (Lipinski definition) is 2. The van der Waals surface area contributed by atoms with Crippen molar-refractivity contribution in [3.05, 3.63) is 71.3 Å². The van der Waals surface area contributed by atoms with Gasteiger partial charge in [-0.1, -0.05) is 60.2 Å². The highest BCUT2D eigenvalue weighted by Crippen LogP contribution is 2.11. The third-order valence-corrected chi connectivity index (χ3v) is 4.10. The van der Waals surface area contributed by atoms with Crippen LogP contribution in [0.5, 0.6) is 0 Å². The molecule has 26 heavy (non-hydrogen) atoms. The molecular weight excluding hydrogens is 324 g/mol. The summed E-state index contributed by atoms with van der Waals surface area (Å²) in [6, 6.07) is 18.5. The molecule has 0 aliphatic rings. The normalized spacial score (nSPS) is 12.4. The molecule has 138 valence electrons. The lowest BCUT2D eigenvalue weighted by Crippen LogP contribution is -2.43. The number of aliphatic imine (C=N–C) groups is 1. The Hall–Kier alpha value is -2.82. The lowest BCUT2D eigenvalue weighted by Gasteiger charge is -2.19. The minimum Gasteiger partial charge on any atom is -0.350 e. The molecule has 1 unspecified atom stereocenters. The summed E-state index contributed by atoms with van der Waals surface area (Å²) in [5.41, 5.74) is 3.52. The highest BCUT2D eigenvalue weighted by Gasteiger charge is 2.10. The maximum absolute atomic E-state index is 11.9. The van der Waals surface area contributed by atoms with Gasteiger partial charge in [-0.15, -0.1) is 0 Å². The number of benzene rings is 2. The number of likely N-dealkylation sites (N-methyl/N-ethyl adjacent to an activating group) is 1. The van der Waals surface area contributed by atoms with E-state index >= 15 is 0 Å². The van der Waals surface area contributed by atoms with E-state index in [0.717, 1.165) is 11.1 Å². The first-order valence-corrected chi connectivity index (χ1v) is 8.81. The average molecular weight is 352 g/mol. The Morgan fingerprint density at radius 2 is 1.73 bits per heavy atom. The summed E-state index contributed by atoms with van der Waals surface area (Å²) in [6.07, 6.45) is 0. The van der Waals surface area contributed by atoms with E-state index in [1.165, 1.54) is 5.56 Å². The molecule has 0 heterocycles. The van der Waals surface area contributed by atoms with E-state index < -0.39 is 0 Å². The van der Waals surface area contributed by atoms with E-state index in [4.69, 9.17) is 0 Å². The van der Waals surface area contributed by atoms with Crippen LogP contribution in [0, 0.1) is 6.92 Å². The Balaban J connectivity index is 2.08. The van der Waals surface area contributed by atoms with Gasteiger partial charge in [-0.25, -0.2) is 4.99 Å². The smallest absolute Gasteiger partial charge is 0.241 e. The van der Waals surface area contributed by atoms with Gasteiger partial charge < -0.3 is 15.5 Å². The maximum atomic E-state index is 11.9. The van der Waals surface area contributed by atoms with Crippen molar-refractivity contribution < 1.29 is 4.79 Å². The molecule has 5 nitrogen and oxygen atoms in total. The number of hydrogen-bond donors (Lipinski definition) is 2. The summed E-state index contributed by atoms with van der Waals surface area (Å²) in [5, 5.41) is 6.51. The SMILES string of the molecule is Cc1ccc(CN=C(NCC(=O)N(C)C)NC(C)c2ccccc2)cc1. The molecule has 0 bridgehead atoms. The predicted molar refractivity (Wildman–Crippen MR) is 107 cm³/mol. The topological polar surface area (TPSA) is 56.7 Å². The summed E-state index contributed by atoms with van der Waals surface area (Å²) >= 11 is 0. The van der Waals surface area contributed by atoms with Crippen molar-refractivity contribution >= 4 is 11.9 Å². The molecule has 0 fully saturated rings. The van der Waals surface area contributed by atoms with Gasteiger partial charge in [0.2, 0.25) is 5.91 Å². The molecule has 5 heteroatoms. The van der Waals surface area contributed by atoms with Crippen LogP contribution in [-0.4, -0.2) is 37.4 Å². The number of rotatable bonds is 6. The Labute approximate surface area is 156 Å². The van der Waals surface area contributed by atoms with Gasteiger partial charge in [0.05, 0.1) is 19.1 Å². The monoisotopic (exact) mass is 352 g/mol. The third-order valence-electron chi connectivity index (χ3n) is 4.10. The van der Waals surface area contributed by atoms with Crippen LogP contribution in [0.15, 0.2) is 59.6 Å². The number of carbonyl (C=O) groups excluding carboxylic acids is 1. The van der Waals surface area contributed by atoms with Crippen molar-refractivity contribution in [1.82, 2.24) is 15.5 Å². The first-order chi connectivity index (χ1) is 12.5. The number of amides is 1. The minimum absolute atomic E-state index is 0.00204. The fraction of sp³-hybridized carbons (Fsp3) is 0.333. The zero-order valence-electron chi connectivity index (χ0n) is 16.0. The molecule has 0 radical (unpaired) electrons. The van der Waals surface area contributed by atoms with Gasteiger partial charge in [0.25, 0.3) is 0 Å². The molecule has 0 aromatic heterocycles. The molecule has 0 saturated carbocycles. The van der Waals surface area contributed by atoms with Crippen LogP contribution in [0.2, 0.25) is 0 Å². The summed E-state index contributed by atoms with van der Waals surface area (Å²) in [6.45, 7) is 4.89. The first-order valence-electron chi connectivity index (χ1n) is 8.81. The molecule has 0 aliphatic heterocycles. The molecule has 2 N–H and O–H groups in total. The molecule has 1 amide bonds. The van der Waals surface area contributed by atoms with Crippen LogP contribution in [0.3, 0.4) is 0 Å². The second kappa shape index (κ2) is 9.61. The van der Waals surface area contributed by atoms with Crippen molar-refractivity contribution in [2.75, 3.05) is 20.6 Å². The summed E-state index contributed by atoms with van der Waals surface area (Å²) in [7, 11) is 3.49. The molecule has 2 aromatic rings. The average Bonchev–Trinajstić information content (AvgIpc) is 2.65. The van der Waals surface area contributed by atoms with E-state index in [2.05, 4.69) is 65.9 Å². The van der Waals surface area contributed by atoms with Crippen LogP contribution in [0.25, 0.3) is 0 Å². The molecule has 0 spiro atoms. The third kappa shape index (κ3) is 6.24. The molecule has 2 aromatic carbocycles. The lowest BCUT2D eigenvalue weighted by atomic mass is 10.1. The van der Waals surface area contributed by atoms with Crippen molar-refractivity contribution in [1.29, 1.82) is 0 Å². The lowest BCUT2D eigenvalue weighted by molar-refractivity contribution is -0.127. The minimum atomic E-state index is 0.00204. The maximum Gasteiger partial charge on any atom is 0.241 e. The van der Waals surface area contributed by atoms with E-state index in [0.29, 0.717) is 12.5 Å². The second-order valence-electron chi connectivity index (χ2n) is 6.57. The van der Waals surface area contributed by atoms with Gasteiger partial charge in [0, 0.05) is 14.1 Å². The van der Waals surface area contributed by atoms with Gasteiger partial charge in [0.15, 0.2) is 5.96 Å². The van der Waals surface area contributed by atoms with E-state index in [1.807, 2.05) is 18.2 Å². The Kier molecular flexibility index (Phi) is 7.21. The van der Waals surface area contributed by atoms with Crippen LogP contribution in [-0.2, 0) is 11.3 Å². The standard InChI is InChI=1S/C21H28N4O/c1-16-10-12-18(13-11-16)14-22-21(23-15-20(26)25(3)4)24-17(2)19-8-6-5-7-9-19/h5-13,17H,14-15H2,1-4H3,(H2,22,23,24). The Bertz CT molecular complexity index is 723. The van der Waals surface area contributed by atoms with Gasteiger partial charge in [-0.05, 0) is 25.0 Å². The fourth-order valence-electron chi connectivity index (χ4n) is 2.36.